The van der Waals surface area contributed by atoms with Crippen molar-refractivity contribution in [2.75, 3.05) is 12.4 Å². The van der Waals surface area contributed by atoms with Crippen LogP contribution in [0.4, 0.5) is 0 Å². The minimum Gasteiger partial charge on any atom is -0.494 e. The highest BCUT2D eigenvalue weighted by Gasteiger charge is 2.18. The summed E-state index contributed by atoms with van der Waals surface area (Å²) >= 11 is 6.05. The van der Waals surface area contributed by atoms with Crippen LogP contribution in [0.1, 0.15) is 19.4 Å². The van der Waals surface area contributed by atoms with Crippen LogP contribution in [0, 0.1) is 0 Å². The number of hydrogen-bond acceptors (Lipinski definition) is 5. The van der Waals surface area contributed by atoms with E-state index in [2.05, 4.69) is 4.98 Å². The zero-order valence-electron chi connectivity index (χ0n) is 15.0. The zero-order valence-corrected chi connectivity index (χ0v) is 16.5. The van der Waals surface area contributed by atoms with Crippen LogP contribution in [0.2, 0.25) is 5.02 Å². The SMILES string of the molecule is CCOc1ccc2ncn(Cc3cc(Cl)ccc3S(=O)(=O)CC)c(=O)c2c1. The van der Waals surface area contributed by atoms with E-state index in [1.54, 1.807) is 31.2 Å². The first-order valence-electron chi connectivity index (χ1n) is 8.49. The van der Waals surface area contributed by atoms with Crippen LogP contribution in [0.25, 0.3) is 10.9 Å². The van der Waals surface area contributed by atoms with Crippen molar-refractivity contribution < 1.29 is 13.2 Å². The van der Waals surface area contributed by atoms with Crippen LogP contribution >= 0.6 is 11.6 Å². The van der Waals surface area contributed by atoms with Gasteiger partial charge in [-0.3, -0.25) is 9.36 Å². The van der Waals surface area contributed by atoms with Crippen LogP contribution in [-0.2, 0) is 16.4 Å². The molecule has 0 aliphatic carbocycles. The Labute approximate surface area is 162 Å². The van der Waals surface area contributed by atoms with E-state index in [1.165, 1.54) is 23.0 Å². The Morgan fingerprint density at radius 2 is 1.93 bits per heavy atom. The van der Waals surface area contributed by atoms with E-state index in [0.717, 1.165) is 0 Å². The maximum absolute atomic E-state index is 12.9. The first kappa shape index (κ1) is 19.4. The number of hydrogen-bond donors (Lipinski definition) is 0. The zero-order chi connectivity index (χ0) is 19.6. The quantitative estimate of drug-likeness (QED) is 0.627. The van der Waals surface area contributed by atoms with Crippen LogP contribution < -0.4 is 10.3 Å². The van der Waals surface area contributed by atoms with Gasteiger partial charge in [0.25, 0.3) is 5.56 Å². The third-order valence-corrected chi connectivity index (χ3v) is 6.25. The predicted octanol–water partition coefficient (Wildman–Crippen LogP) is 3.29. The highest BCUT2D eigenvalue weighted by Crippen LogP contribution is 2.23. The molecule has 27 heavy (non-hydrogen) atoms. The second-order valence-electron chi connectivity index (χ2n) is 5.95. The van der Waals surface area contributed by atoms with E-state index >= 15 is 0 Å². The summed E-state index contributed by atoms with van der Waals surface area (Å²) in [5, 5.41) is 0.811. The van der Waals surface area contributed by atoms with Gasteiger partial charge < -0.3 is 4.74 Å². The molecular weight excluding hydrogens is 388 g/mol. The lowest BCUT2D eigenvalue weighted by molar-refractivity contribution is 0.340. The van der Waals surface area contributed by atoms with E-state index in [1.807, 2.05) is 6.92 Å². The normalized spacial score (nSPS) is 11.7. The monoisotopic (exact) mass is 406 g/mol. The van der Waals surface area contributed by atoms with Crippen molar-refractivity contribution in [2.24, 2.45) is 0 Å². The van der Waals surface area contributed by atoms with E-state index in [-0.39, 0.29) is 22.8 Å². The Balaban J connectivity index is 2.11. The molecule has 0 aliphatic rings. The number of nitrogens with zero attached hydrogens (tertiary/aromatic N) is 2. The smallest absolute Gasteiger partial charge is 0.261 e. The Bertz CT molecular complexity index is 1160. The maximum atomic E-state index is 12.9. The van der Waals surface area contributed by atoms with E-state index < -0.39 is 9.84 Å². The van der Waals surface area contributed by atoms with Crippen molar-refractivity contribution in [3.8, 4) is 5.75 Å². The largest absolute Gasteiger partial charge is 0.494 e. The number of sulfone groups is 1. The fourth-order valence-electron chi connectivity index (χ4n) is 2.82. The molecule has 3 rings (SSSR count). The molecule has 0 fully saturated rings. The van der Waals surface area contributed by atoms with Gasteiger partial charge in [0.1, 0.15) is 5.75 Å². The highest BCUT2D eigenvalue weighted by molar-refractivity contribution is 7.91. The second-order valence-corrected chi connectivity index (χ2v) is 8.63. The molecule has 0 atom stereocenters. The Kier molecular flexibility index (Phi) is 5.53. The molecule has 0 aliphatic heterocycles. The summed E-state index contributed by atoms with van der Waals surface area (Å²) < 4.78 is 31.6. The summed E-state index contributed by atoms with van der Waals surface area (Å²) in [4.78, 5) is 17.4. The summed E-state index contributed by atoms with van der Waals surface area (Å²) in [6.45, 7) is 3.98. The molecule has 142 valence electrons. The van der Waals surface area contributed by atoms with Crippen molar-refractivity contribution >= 4 is 32.3 Å². The predicted molar refractivity (Wildman–Crippen MR) is 105 cm³/mol. The molecule has 0 bridgehead atoms. The number of ether oxygens (including phenoxy) is 1. The summed E-state index contributed by atoms with van der Waals surface area (Å²) in [6.07, 6.45) is 1.41. The minimum atomic E-state index is -3.45. The summed E-state index contributed by atoms with van der Waals surface area (Å²) in [5.41, 5.74) is 0.724. The molecule has 0 radical (unpaired) electrons. The topological polar surface area (TPSA) is 78.3 Å². The molecule has 0 spiro atoms. The number of benzene rings is 2. The summed E-state index contributed by atoms with van der Waals surface area (Å²) in [7, 11) is -3.45. The molecule has 3 aromatic rings. The maximum Gasteiger partial charge on any atom is 0.261 e. The van der Waals surface area contributed by atoms with Crippen LogP contribution in [0.5, 0.6) is 5.75 Å². The Morgan fingerprint density at radius 1 is 1.15 bits per heavy atom. The molecule has 1 heterocycles. The molecular formula is C19H19ClN2O4S. The van der Waals surface area contributed by atoms with Gasteiger partial charge in [0.2, 0.25) is 0 Å². The van der Waals surface area contributed by atoms with Crippen molar-refractivity contribution in [3.05, 3.63) is 63.7 Å². The molecule has 0 saturated carbocycles. The first-order valence-corrected chi connectivity index (χ1v) is 10.5. The molecule has 0 amide bonds. The number of fused-ring (bicyclic) bond motifs is 1. The van der Waals surface area contributed by atoms with E-state index in [9.17, 15) is 13.2 Å². The van der Waals surface area contributed by atoms with Crippen molar-refractivity contribution in [1.82, 2.24) is 9.55 Å². The average molecular weight is 407 g/mol. The minimum absolute atomic E-state index is 0.0375. The lowest BCUT2D eigenvalue weighted by atomic mass is 10.2. The molecule has 0 saturated heterocycles. The van der Waals surface area contributed by atoms with Gasteiger partial charge in [-0.1, -0.05) is 18.5 Å². The van der Waals surface area contributed by atoms with Gasteiger partial charge in [-0.05, 0) is 48.9 Å². The van der Waals surface area contributed by atoms with Gasteiger partial charge in [-0.2, -0.15) is 0 Å². The van der Waals surface area contributed by atoms with Gasteiger partial charge >= 0.3 is 0 Å². The summed E-state index contributed by atoms with van der Waals surface area (Å²) in [5.74, 6) is 0.545. The fourth-order valence-corrected chi connectivity index (χ4v) is 4.13. The van der Waals surface area contributed by atoms with Gasteiger partial charge in [-0.25, -0.2) is 13.4 Å². The summed E-state index contributed by atoms with van der Waals surface area (Å²) in [6, 6.07) is 9.69. The van der Waals surface area contributed by atoms with Crippen LogP contribution in [0.3, 0.4) is 0 Å². The molecule has 0 unspecified atom stereocenters. The van der Waals surface area contributed by atoms with Gasteiger partial charge in [0.15, 0.2) is 9.84 Å². The molecule has 0 N–H and O–H groups in total. The second kappa shape index (κ2) is 7.70. The van der Waals surface area contributed by atoms with Crippen molar-refractivity contribution in [2.45, 2.75) is 25.3 Å². The average Bonchev–Trinajstić information content (AvgIpc) is 2.64. The van der Waals surface area contributed by atoms with Crippen molar-refractivity contribution in [3.63, 3.8) is 0 Å². The fraction of sp³-hybridized carbons (Fsp3) is 0.263. The molecule has 1 aromatic heterocycles. The number of rotatable bonds is 6. The van der Waals surface area contributed by atoms with Gasteiger partial charge in [0.05, 0.1) is 41.0 Å². The Morgan fingerprint density at radius 3 is 2.63 bits per heavy atom. The van der Waals surface area contributed by atoms with Gasteiger partial charge in [0, 0.05) is 5.02 Å². The first-order chi connectivity index (χ1) is 12.9. The van der Waals surface area contributed by atoms with E-state index in [0.29, 0.717) is 33.8 Å². The van der Waals surface area contributed by atoms with Crippen LogP contribution in [-0.4, -0.2) is 30.3 Å². The van der Waals surface area contributed by atoms with Crippen LogP contribution in [0.15, 0.2) is 52.4 Å². The third-order valence-electron chi connectivity index (χ3n) is 4.18. The highest BCUT2D eigenvalue weighted by atomic mass is 35.5. The van der Waals surface area contributed by atoms with E-state index in [4.69, 9.17) is 16.3 Å². The Hall–Kier alpha value is -2.38. The standard InChI is InChI=1S/C19H19ClN2O4S/c1-3-26-15-6-7-17-16(10-15)19(23)22(12-21-17)11-13-9-14(20)5-8-18(13)27(24,25)4-2/h5-10,12H,3-4,11H2,1-2H3. The van der Waals surface area contributed by atoms with Gasteiger partial charge in [-0.15, -0.1) is 0 Å². The molecule has 6 nitrogen and oxygen atoms in total. The number of aromatic nitrogens is 2. The lowest BCUT2D eigenvalue weighted by Crippen LogP contribution is -2.22. The number of halogens is 1. The third kappa shape index (κ3) is 3.99. The lowest BCUT2D eigenvalue weighted by Gasteiger charge is -2.12. The molecule has 2 aromatic carbocycles. The molecule has 8 heteroatoms. The van der Waals surface area contributed by atoms with Crippen molar-refractivity contribution in [1.29, 1.82) is 0 Å².